The number of sulfonamides is 1. The molecule has 112 valence electrons. The minimum absolute atomic E-state index is 0.0965. The minimum Gasteiger partial charge on any atom is -0.492 e. The van der Waals surface area contributed by atoms with Gasteiger partial charge in [0.1, 0.15) is 12.4 Å². The quantitative estimate of drug-likeness (QED) is 0.780. The predicted molar refractivity (Wildman–Crippen MR) is 78.1 cm³/mol. The molecular weight excluding hydrogens is 276 g/mol. The van der Waals surface area contributed by atoms with Crippen molar-refractivity contribution in [2.75, 3.05) is 13.2 Å². The van der Waals surface area contributed by atoms with Crippen molar-refractivity contribution in [2.24, 2.45) is 10.6 Å². The molecular formula is C14H22N2O3S. The topological polar surface area (TPSA) is 81.4 Å². The highest BCUT2D eigenvalue weighted by molar-refractivity contribution is 7.89. The lowest BCUT2D eigenvalue weighted by Crippen LogP contribution is -2.50. The molecule has 0 bridgehead atoms. The van der Waals surface area contributed by atoms with E-state index in [-0.39, 0.29) is 4.90 Å². The first-order valence-electron chi connectivity index (χ1n) is 6.78. The Morgan fingerprint density at radius 2 is 2.00 bits per heavy atom. The van der Waals surface area contributed by atoms with Crippen LogP contribution in [-0.2, 0) is 10.0 Å². The Morgan fingerprint density at radius 1 is 1.35 bits per heavy atom. The fourth-order valence-electron chi connectivity index (χ4n) is 2.37. The standard InChI is InChI=1S/C14H22N2O3S/c1-14(2)8-7-13(14)16-9-10-19-11-3-5-12(6-4-11)20(15,17)18/h3-6,13,16H,7-10H2,1-2H3,(H2,15,17,18). The second-order valence-corrected chi connectivity index (χ2v) is 7.46. The fraction of sp³-hybridized carbons (Fsp3) is 0.571. The number of primary sulfonamides is 1. The Bertz CT molecular complexity index is 552. The zero-order valence-electron chi connectivity index (χ0n) is 11.9. The zero-order valence-corrected chi connectivity index (χ0v) is 12.7. The second-order valence-electron chi connectivity index (χ2n) is 5.90. The number of nitrogens with two attached hydrogens (primary N) is 1. The summed E-state index contributed by atoms with van der Waals surface area (Å²) < 4.78 is 27.8. The monoisotopic (exact) mass is 298 g/mol. The molecule has 0 saturated heterocycles. The molecule has 1 unspecified atom stereocenters. The lowest BCUT2D eigenvalue weighted by Gasteiger charge is -2.45. The van der Waals surface area contributed by atoms with Gasteiger partial charge in [-0.15, -0.1) is 0 Å². The normalized spacial score (nSPS) is 21.2. The number of ether oxygens (including phenoxy) is 1. The Hall–Kier alpha value is -1.11. The van der Waals surface area contributed by atoms with Crippen molar-refractivity contribution >= 4 is 10.0 Å². The van der Waals surface area contributed by atoms with Crippen LogP contribution in [0.4, 0.5) is 0 Å². The minimum atomic E-state index is -3.63. The highest BCUT2D eigenvalue weighted by Crippen LogP contribution is 2.39. The molecule has 1 atom stereocenters. The van der Waals surface area contributed by atoms with E-state index in [1.165, 1.54) is 25.0 Å². The molecule has 0 heterocycles. The first-order chi connectivity index (χ1) is 9.29. The predicted octanol–water partition coefficient (Wildman–Crippen LogP) is 1.49. The van der Waals surface area contributed by atoms with Crippen molar-refractivity contribution in [3.8, 4) is 5.75 Å². The molecule has 0 amide bonds. The third-order valence-corrected chi connectivity index (χ3v) is 4.86. The van der Waals surface area contributed by atoms with Crippen LogP contribution in [0, 0.1) is 5.41 Å². The van der Waals surface area contributed by atoms with Crippen LogP contribution in [-0.4, -0.2) is 27.6 Å². The average molecular weight is 298 g/mol. The van der Waals surface area contributed by atoms with Crippen molar-refractivity contribution in [1.82, 2.24) is 5.32 Å². The van der Waals surface area contributed by atoms with E-state index in [2.05, 4.69) is 19.2 Å². The summed E-state index contributed by atoms with van der Waals surface area (Å²) in [5.41, 5.74) is 0.386. The third-order valence-electron chi connectivity index (χ3n) is 3.93. The summed E-state index contributed by atoms with van der Waals surface area (Å²) in [5, 5.41) is 8.50. The van der Waals surface area contributed by atoms with Crippen LogP contribution >= 0.6 is 0 Å². The molecule has 1 saturated carbocycles. The fourth-order valence-corrected chi connectivity index (χ4v) is 2.89. The Labute approximate surface area is 120 Å². The van der Waals surface area contributed by atoms with Gasteiger partial charge >= 0.3 is 0 Å². The van der Waals surface area contributed by atoms with E-state index in [1.807, 2.05) is 0 Å². The number of hydrogen-bond donors (Lipinski definition) is 2. The second kappa shape index (κ2) is 5.71. The average Bonchev–Trinajstić information content (AvgIpc) is 2.37. The number of benzene rings is 1. The maximum absolute atomic E-state index is 11.1. The lowest BCUT2D eigenvalue weighted by molar-refractivity contribution is 0.105. The molecule has 0 aromatic heterocycles. The van der Waals surface area contributed by atoms with E-state index in [0.29, 0.717) is 23.8 Å². The summed E-state index contributed by atoms with van der Waals surface area (Å²) in [7, 11) is -3.63. The molecule has 1 aromatic rings. The summed E-state index contributed by atoms with van der Waals surface area (Å²) in [6, 6.07) is 6.70. The number of hydrogen-bond acceptors (Lipinski definition) is 4. The van der Waals surface area contributed by atoms with Crippen LogP contribution in [0.1, 0.15) is 26.7 Å². The van der Waals surface area contributed by atoms with Gasteiger partial charge in [-0.3, -0.25) is 0 Å². The van der Waals surface area contributed by atoms with Crippen LogP contribution in [0.5, 0.6) is 5.75 Å². The van der Waals surface area contributed by atoms with Crippen molar-refractivity contribution in [1.29, 1.82) is 0 Å². The van der Waals surface area contributed by atoms with Gasteiger partial charge in [-0.1, -0.05) is 13.8 Å². The highest BCUT2D eigenvalue weighted by atomic mass is 32.2. The molecule has 3 N–H and O–H groups in total. The molecule has 1 aliphatic carbocycles. The van der Waals surface area contributed by atoms with Crippen LogP contribution < -0.4 is 15.2 Å². The number of nitrogens with one attached hydrogen (secondary N) is 1. The third kappa shape index (κ3) is 3.71. The Kier molecular flexibility index (Phi) is 4.36. The van der Waals surface area contributed by atoms with Gasteiger partial charge in [0.2, 0.25) is 10.0 Å². The van der Waals surface area contributed by atoms with E-state index in [1.54, 1.807) is 12.1 Å². The van der Waals surface area contributed by atoms with E-state index >= 15 is 0 Å². The van der Waals surface area contributed by atoms with Gasteiger partial charge in [-0.25, -0.2) is 13.6 Å². The van der Waals surface area contributed by atoms with Crippen LogP contribution in [0.2, 0.25) is 0 Å². The van der Waals surface area contributed by atoms with Gasteiger partial charge in [0.25, 0.3) is 0 Å². The van der Waals surface area contributed by atoms with Gasteiger partial charge in [0.05, 0.1) is 4.90 Å². The van der Waals surface area contributed by atoms with Gasteiger partial charge in [-0.05, 0) is 42.5 Å². The molecule has 0 spiro atoms. The SMILES string of the molecule is CC1(C)CCC1NCCOc1ccc(S(N)(=O)=O)cc1. The van der Waals surface area contributed by atoms with E-state index in [0.717, 1.165) is 6.54 Å². The molecule has 20 heavy (non-hydrogen) atoms. The molecule has 1 fully saturated rings. The van der Waals surface area contributed by atoms with Gasteiger partial charge in [0, 0.05) is 12.6 Å². The highest BCUT2D eigenvalue weighted by Gasteiger charge is 2.37. The van der Waals surface area contributed by atoms with Gasteiger partial charge in [0.15, 0.2) is 0 Å². The van der Waals surface area contributed by atoms with Crippen LogP contribution in [0.3, 0.4) is 0 Å². The molecule has 5 nitrogen and oxygen atoms in total. The van der Waals surface area contributed by atoms with Crippen molar-refractivity contribution in [3.63, 3.8) is 0 Å². The molecule has 6 heteroatoms. The summed E-state index contributed by atoms with van der Waals surface area (Å²) >= 11 is 0. The lowest BCUT2D eigenvalue weighted by atomic mass is 9.67. The summed E-state index contributed by atoms with van der Waals surface area (Å²) in [6.45, 7) is 5.87. The Morgan fingerprint density at radius 3 is 2.45 bits per heavy atom. The number of rotatable bonds is 6. The van der Waals surface area contributed by atoms with Crippen LogP contribution in [0.25, 0.3) is 0 Å². The largest absolute Gasteiger partial charge is 0.492 e. The van der Waals surface area contributed by atoms with Gasteiger partial charge in [-0.2, -0.15) is 0 Å². The Balaban J connectivity index is 1.75. The molecule has 1 aromatic carbocycles. The first-order valence-corrected chi connectivity index (χ1v) is 8.33. The van der Waals surface area contributed by atoms with Crippen molar-refractivity contribution in [2.45, 2.75) is 37.6 Å². The first kappa shape index (κ1) is 15.3. The molecule has 0 radical (unpaired) electrons. The van der Waals surface area contributed by atoms with E-state index in [4.69, 9.17) is 9.88 Å². The zero-order chi connectivity index (χ0) is 14.8. The van der Waals surface area contributed by atoms with E-state index in [9.17, 15) is 8.42 Å². The van der Waals surface area contributed by atoms with E-state index < -0.39 is 10.0 Å². The maximum Gasteiger partial charge on any atom is 0.238 e. The van der Waals surface area contributed by atoms with Crippen molar-refractivity contribution in [3.05, 3.63) is 24.3 Å². The summed E-state index contributed by atoms with van der Waals surface area (Å²) in [4.78, 5) is 0.0965. The summed E-state index contributed by atoms with van der Waals surface area (Å²) in [5.74, 6) is 0.645. The summed E-state index contributed by atoms with van der Waals surface area (Å²) in [6.07, 6.45) is 2.48. The molecule has 1 aliphatic rings. The smallest absolute Gasteiger partial charge is 0.238 e. The molecule has 2 rings (SSSR count). The maximum atomic E-state index is 11.1. The van der Waals surface area contributed by atoms with Crippen molar-refractivity contribution < 1.29 is 13.2 Å². The molecule has 0 aliphatic heterocycles. The van der Waals surface area contributed by atoms with Crippen LogP contribution in [0.15, 0.2) is 29.2 Å². The van der Waals surface area contributed by atoms with Gasteiger partial charge < -0.3 is 10.1 Å².